The molecular formula is C19H25NO3. The lowest BCUT2D eigenvalue weighted by Crippen LogP contribution is -2.45. The van der Waals surface area contributed by atoms with Crippen LogP contribution in [-0.2, 0) is 4.79 Å². The summed E-state index contributed by atoms with van der Waals surface area (Å²) in [4.78, 5) is 14.7. The predicted molar refractivity (Wildman–Crippen MR) is 90.7 cm³/mol. The predicted octanol–water partition coefficient (Wildman–Crippen LogP) is 3.51. The second-order valence-corrected chi connectivity index (χ2v) is 6.46. The highest BCUT2D eigenvalue weighted by molar-refractivity contribution is 6.01. The summed E-state index contributed by atoms with van der Waals surface area (Å²) in [6.45, 7) is 8.53. The summed E-state index contributed by atoms with van der Waals surface area (Å²) in [5, 5.41) is 0. The molecule has 23 heavy (non-hydrogen) atoms. The summed E-state index contributed by atoms with van der Waals surface area (Å²) < 4.78 is 11.5. The molecule has 0 spiro atoms. The van der Waals surface area contributed by atoms with E-state index < -0.39 is 0 Å². The van der Waals surface area contributed by atoms with Gasteiger partial charge < -0.3 is 14.4 Å². The summed E-state index contributed by atoms with van der Waals surface area (Å²) in [5.74, 6) is 2.00. The molecule has 124 valence electrons. The van der Waals surface area contributed by atoms with Gasteiger partial charge in [-0.25, -0.2) is 0 Å². The zero-order valence-corrected chi connectivity index (χ0v) is 14.2. The molecule has 0 saturated carbocycles. The molecule has 0 atom stereocenters. The number of carbonyl (C=O) groups is 1. The highest BCUT2D eigenvalue weighted by Crippen LogP contribution is 2.34. The van der Waals surface area contributed by atoms with Crippen LogP contribution in [0.15, 0.2) is 23.9 Å². The molecule has 3 heterocycles. The minimum Gasteiger partial charge on any atom is -0.490 e. The normalized spacial score (nSPS) is 19.7. The van der Waals surface area contributed by atoms with Gasteiger partial charge in [0.05, 0.1) is 18.4 Å². The minimum atomic E-state index is 0.0974. The molecule has 3 aliphatic rings. The first-order chi connectivity index (χ1) is 11.1. The van der Waals surface area contributed by atoms with Crippen molar-refractivity contribution in [3.05, 3.63) is 29.5 Å². The minimum absolute atomic E-state index is 0.0974. The Kier molecular flexibility index (Phi) is 4.60. The quantitative estimate of drug-likeness (QED) is 0.780. The molecule has 4 rings (SSSR count). The Morgan fingerprint density at radius 3 is 2.61 bits per heavy atom. The van der Waals surface area contributed by atoms with Crippen LogP contribution >= 0.6 is 0 Å². The average molecular weight is 315 g/mol. The molecule has 2 bridgehead atoms. The van der Waals surface area contributed by atoms with Crippen LogP contribution < -0.4 is 9.47 Å². The first-order valence-corrected chi connectivity index (χ1v) is 8.53. The molecule has 4 nitrogen and oxygen atoms in total. The van der Waals surface area contributed by atoms with Crippen molar-refractivity contribution in [3.63, 3.8) is 0 Å². The number of nitrogens with zero attached hydrogens (tertiary/aromatic N) is 1. The molecule has 4 heteroatoms. The number of allylic oxidation sites excluding steroid dienone is 1. The summed E-state index contributed by atoms with van der Waals surface area (Å²) in [5.41, 5.74) is 1.84. The fourth-order valence-corrected chi connectivity index (χ4v) is 3.30. The molecule has 0 N–H and O–H groups in total. The largest absolute Gasteiger partial charge is 0.490 e. The van der Waals surface area contributed by atoms with Crippen LogP contribution in [0.3, 0.4) is 0 Å². The summed E-state index contributed by atoms with van der Waals surface area (Å²) in [7, 11) is 0. The Morgan fingerprint density at radius 2 is 2.00 bits per heavy atom. The Hall–Kier alpha value is -1.97. The van der Waals surface area contributed by atoms with Crippen molar-refractivity contribution in [1.82, 2.24) is 4.90 Å². The van der Waals surface area contributed by atoms with Gasteiger partial charge >= 0.3 is 0 Å². The lowest BCUT2D eigenvalue weighted by molar-refractivity contribution is -0.125. The number of fused-ring (bicyclic) bond motifs is 3. The van der Waals surface area contributed by atoms with Gasteiger partial charge in [0, 0.05) is 19.0 Å². The van der Waals surface area contributed by atoms with Gasteiger partial charge in [0.2, 0.25) is 0 Å². The van der Waals surface area contributed by atoms with Gasteiger partial charge in [-0.3, -0.25) is 4.79 Å². The number of hydrogen-bond acceptors (Lipinski definition) is 4. The zero-order valence-electron chi connectivity index (χ0n) is 14.2. The van der Waals surface area contributed by atoms with Gasteiger partial charge in [0.25, 0.3) is 0 Å². The van der Waals surface area contributed by atoms with Gasteiger partial charge in [0.15, 0.2) is 17.3 Å². The summed E-state index contributed by atoms with van der Waals surface area (Å²) in [6.07, 6.45) is 4.10. The van der Waals surface area contributed by atoms with E-state index in [0.717, 1.165) is 48.7 Å². The monoisotopic (exact) mass is 315 g/mol. The van der Waals surface area contributed by atoms with Gasteiger partial charge in [-0.15, -0.1) is 0 Å². The smallest absolute Gasteiger partial charge is 0.182 e. The highest BCUT2D eigenvalue weighted by Gasteiger charge is 2.36. The van der Waals surface area contributed by atoms with E-state index in [9.17, 15) is 4.79 Å². The zero-order chi connectivity index (χ0) is 16.4. The fraction of sp³-hybridized carbons (Fsp3) is 0.526. The van der Waals surface area contributed by atoms with E-state index in [1.54, 1.807) is 0 Å². The van der Waals surface area contributed by atoms with Gasteiger partial charge in [-0.05, 0) is 57.4 Å². The number of benzene rings is 1. The number of rotatable bonds is 5. The molecule has 0 unspecified atom stereocenters. The van der Waals surface area contributed by atoms with Crippen molar-refractivity contribution in [1.29, 1.82) is 0 Å². The Balaban J connectivity index is 1.89. The number of hydrogen-bond donors (Lipinski definition) is 0. The number of Topliss-reactive ketones (excluding diaryl/α,β-unsaturated/α-hetero) is 1. The number of ketones is 1. The third-order valence-electron chi connectivity index (χ3n) is 4.39. The van der Waals surface area contributed by atoms with Crippen LogP contribution in [0.2, 0.25) is 0 Å². The first kappa shape index (κ1) is 15.9. The van der Waals surface area contributed by atoms with E-state index in [4.69, 9.17) is 9.47 Å². The van der Waals surface area contributed by atoms with Crippen molar-refractivity contribution < 1.29 is 14.3 Å². The maximum Gasteiger partial charge on any atom is 0.182 e. The lowest BCUT2D eigenvalue weighted by Gasteiger charge is -2.41. The molecule has 3 aliphatic heterocycles. The van der Waals surface area contributed by atoms with E-state index in [2.05, 4.69) is 4.90 Å². The van der Waals surface area contributed by atoms with Crippen LogP contribution in [-0.4, -0.2) is 36.5 Å². The van der Waals surface area contributed by atoms with Gasteiger partial charge in [0.1, 0.15) is 0 Å². The van der Waals surface area contributed by atoms with Crippen LogP contribution in [0.5, 0.6) is 11.5 Å². The van der Waals surface area contributed by atoms with E-state index in [1.165, 1.54) is 0 Å². The van der Waals surface area contributed by atoms with Crippen LogP contribution in [0.4, 0.5) is 0 Å². The highest BCUT2D eigenvalue weighted by atomic mass is 16.5. The van der Waals surface area contributed by atoms with Crippen molar-refractivity contribution in [2.24, 2.45) is 5.92 Å². The molecule has 0 radical (unpaired) electrons. The number of piperidine rings is 3. The van der Waals surface area contributed by atoms with E-state index in [1.807, 2.05) is 45.0 Å². The molecule has 3 fully saturated rings. The summed E-state index contributed by atoms with van der Waals surface area (Å²) >= 11 is 0. The standard InChI is InChI=1S/C19H25NO3/c1-4-22-18-12-14(5-6-17(18)23-13(2)3)11-16-19(21)15-7-9-20(16)10-8-15/h5-6,11-13,15H,4,7-10H2,1-3H3/b16-11-. The number of ether oxygens (including phenoxy) is 2. The molecule has 1 aromatic carbocycles. The molecule has 0 amide bonds. The van der Waals surface area contributed by atoms with Crippen molar-refractivity contribution in [2.75, 3.05) is 19.7 Å². The van der Waals surface area contributed by atoms with Crippen molar-refractivity contribution >= 4 is 11.9 Å². The second kappa shape index (κ2) is 6.65. The first-order valence-electron chi connectivity index (χ1n) is 8.53. The molecule has 1 aromatic rings. The van der Waals surface area contributed by atoms with Crippen molar-refractivity contribution in [3.8, 4) is 11.5 Å². The van der Waals surface area contributed by atoms with Gasteiger partial charge in [-0.1, -0.05) is 6.07 Å². The van der Waals surface area contributed by atoms with Crippen LogP contribution in [0.1, 0.15) is 39.2 Å². The molecule has 3 saturated heterocycles. The topological polar surface area (TPSA) is 38.8 Å². The Labute approximate surface area is 138 Å². The summed E-state index contributed by atoms with van der Waals surface area (Å²) in [6, 6.07) is 5.88. The van der Waals surface area contributed by atoms with Crippen LogP contribution in [0.25, 0.3) is 6.08 Å². The molecule has 0 aliphatic carbocycles. The molecular weight excluding hydrogens is 290 g/mol. The van der Waals surface area contributed by atoms with E-state index in [-0.39, 0.29) is 12.0 Å². The fourth-order valence-electron chi connectivity index (χ4n) is 3.30. The van der Waals surface area contributed by atoms with E-state index in [0.29, 0.717) is 12.4 Å². The third kappa shape index (κ3) is 3.36. The van der Waals surface area contributed by atoms with Crippen molar-refractivity contribution in [2.45, 2.75) is 39.7 Å². The SMILES string of the molecule is CCOc1cc(/C=C2/C(=O)C3CCN2CC3)ccc1OC(C)C. The Bertz CT molecular complexity index is 613. The second-order valence-electron chi connectivity index (χ2n) is 6.46. The average Bonchev–Trinajstić information content (AvgIpc) is 2.53. The van der Waals surface area contributed by atoms with Crippen LogP contribution in [0, 0.1) is 5.92 Å². The Morgan fingerprint density at radius 1 is 1.26 bits per heavy atom. The molecule has 0 aromatic heterocycles. The maximum absolute atomic E-state index is 12.4. The maximum atomic E-state index is 12.4. The lowest BCUT2D eigenvalue weighted by atomic mass is 9.84. The van der Waals surface area contributed by atoms with E-state index >= 15 is 0 Å². The van der Waals surface area contributed by atoms with Gasteiger partial charge in [-0.2, -0.15) is 0 Å². The third-order valence-corrected chi connectivity index (χ3v) is 4.39. The number of carbonyl (C=O) groups excluding carboxylic acids is 1.